The SMILES string of the molecule is FC(F)Oc1cc(C(F)(F)F)c(Cl)cc1Br. The van der Waals surface area contributed by atoms with Crippen LogP contribution < -0.4 is 4.74 Å². The molecule has 90 valence electrons. The summed E-state index contributed by atoms with van der Waals surface area (Å²) < 4.78 is 64.6. The van der Waals surface area contributed by atoms with Crippen LogP contribution in [0.3, 0.4) is 0 Å². The fourth-order valence-electron chi connectivity index (χ4n) is 0.933. The lowest BCUT2D eigenvalue weighted by molar-refractivity contribution is -0.137. The Labute approximate surface area is 100 Å². The molecule has 0 aliphatic carbocycles. The number of halogens is 7. The fraction of sp³-hybridized carbons (Fsp3) is 0.250. The number of ether oxygens (including phenoxy) is 1. The first kappa shape index (κ1) is 13.5. The van der Waals surface area contributed by atoms with E-state index in [1.165, 1.54) is 0 Å². The molecular weight excluding hydrogens is 322 g/mol. The maximum absolute atomic E-state index is 12.4. The Morgan fingerprint density at radius 3 is 2.25 bits per heavy atom. The summed E-state index contributed by atoms with van der Waals surface area (Å²) in [6.07, 6.45) is -4.72. The highest BCUT2D eigenvalue weighted by Gasteiger charge is 2.34. The van der Waals surface area contributed by atoms with Crippen LogP contribution in [0.5, 0.6) is 5.75 Å². The van der Waals surface area contributed by atoms with Gasteiger partial charge in [0.25, 0.3) is 0 Å². The summed E-state index contributed by atoms with van der Waals surface area (Å²) >= 11 is 8.10. The first-order valence-corrected chi connectivity index (χ1v) is 4.90. The van der Waals surface area contributed by atoms with Crippen molar-refractivity contribution in [2.75, 3.05) is 0 Å². The summed E-state index contributed by atoms with van der Waals surface area (Å²) in [4.78, 5) is 0. The molecule has 0 spiro atoms. The van der Waals surface area contributed by atoms with E-state index in [0.29, 0.717) is 6.07 Å². The molecule has 0 saturated heterocycles. The van der Waals surface area contributed by atoms with Crippen LogP contribution >= 0.6 is 27.5 Å². The summed E-state index contributed by atoms with van der Waals surface area (Å²) in [5.41, 5.74) is -1.23. The Bertz CT molecular complexity index is 393. The quantitative estimate of drug-likeness (QED) is 0.715. The van der Waals surface area contributed by atoms with E-state index in [2.05, 4.69) is 20.7 Å². The second kappa shape index (κ2) is 4.75. The molecular formula is C8H3BrClF5O. The fourth-order valence-corrected chi connectivity index (χ4v) is 1.77. The van der Waals surface area contributed by atoms with Crippen molar-refractivity contribution in [2.24, 2.45) is 0 Å². The molecule has 0 atom stereocenters. The zero-order valence-corrected chi connectivity index (χ0v) is 9.63. The topological polar surface area (TPSA) is 9.23 Å². The van der Waals surface area contributed by atoms with Gasteiger partial charge in [0.05, 0.1) is 15.1 Å². The van der Waals surface area contributed by atoms with E-state index in [-0.39, 0.29) is 4.47 Å². The molecule has 0 unspecified atom stereocenters. The summed E-state index contributed by atoms with van der Waals surface area (Å²) in [5, 5.41) is -0.596. The van der Waals surface area contributed by atoms with Crippen LogP contribution in [0.4, 0.5) is 22.0 Å². The zero-order valence-electron chi connectivity index (χ0n) is 7.29. The number of hydrogen-bond donors (Lipinski definition) is 0. The number of alkyl halides is 5. The number of hydrogen-bond acceptors (Lipinski definition) is 1. The minimum atomic E-state index is -4.72. The van der Waals surface area contributed by atoms with Crippen molar-refractivity contribution in [2.45, 2.75) is 12.8 Å². The van der Waals surface area contributed by atoms with Crippen molar-refractivity contribution >= 4 is 27.5 Å². The van der Waals surface area contributed by atoms with Gasteiger partial charge in [-0.15, -0.1) is 0 Å². The molecule has 0 bridgehead atoms. The summed E-state index contributed by atoms with van der Waals surface area (Å²) in [5.74, 6) is -0.619. The van der Waals surface area contributed by atoms with Crippen molar-refractivity contribution < 1.29 is 26.7 Å². The summed E-state index contributed by atoms with van der Waals surface area (Å²) in [6.45, 7) is -3.21. The first-order chi connectivity index (χ1) is 7.21. The molecule has 0 fully saturated rings. The Morgan fingerprint density at radius 2 is 1.81 bits per heavy atom. The molecule has 0 aromatic heterocycles. The van der Waals surface area contributed by atoms with Crippen LogP contribution in [0, 0.1) is 0 Å². The molecule has 0 heterocycles. The largest absolute Gasteiger partial charge is 0.434 e. The van der Waals surface area contributed by atoms with Crippen LogP contribution in [-0.2, 0) is 6.18 Å². The van der Waals surface area contributed by atoms with Gasteiger partial charge in [-0.25, -0.2) is 0 Å². The predicted molar refractivity (Wildman–Crippen MR) is 50.8 cm³/mol. The Morgan fingerprint density at radius 1 is 1.25 bits per heavy atom. The molecule has 0 aliphatic heterocycles. The molecule has 0 amide bonds. The maximum Gasteiger partial charge on any atom is 0.417 e. The Kier molecular flexibility index (Phi) is 4.01. The normalized spacial score (nSPS) is 12.0. The van der Waals surface area contributed by atoms with Gasteiger partial charge >= 0.3 is 12.8 Å². The average molecular weight is 325 g/mol. The molecule has 1 rings (SSSR count). The standard InChI is InChI=1S/C8H3BrClF5O/c9-4-2-5(10)3(8(13,14)15)1-6(4)16-7(11)12/h1-2,7H. The monoisotopic (exact) mass is 324 g/mol. The predicted octanol–water partition coefficient (Wildman–Crippen LogP) is 4.72. The third-order valence-electron chi connectivity index (χ3n) is 1.54. The van der Waals surface area contributed by atoms with Gasteiger partial charge in [-0.05, 0) is 28.1 Å². The first-order valence-electron chi connectivity index (χ1n) is 3.73. The molecule has 1 nitrogen and oxygen atoms in total. The molecule has 8 heteroatoms. The maximum atomic E-state index is 12.4. The third kappa shape index (κ3) is 3.21. The van der Waals surface area contributed by atoms with E-state index in [4.69, 9.17) is 11.6 Å². The second-order valence-electron chi connectivity index (χ2n) is 2.64. The van der Waals surface area contributed by atoms with E-state index in [0.717, 1.165) is 6.07 Å². The van der Waals surface area contributed by atoms with E-state index in [9.17, 15) is 22.0 Å². The van der Waals surface area contributed by atoms with Gasteiger partial charge in [0, 0.05) is 0 Å². The Hall–Kier alpha value is -0.560. The van der Waals surface area contributed by atoms with Crippen molar-refractivity contribution in [1.82, 2.24) is 0 Å². The third-order valence-corrected chi connectivity index (χ3v) is 2.48. The highest BCUT2D eigenvalue weighted by atomic mass is 79.9. The molecule has 1 aromatic rings. The van der Waals surface area contributed by atoms with Gasteiger partial charge in [0.1, 0.15) is 5.75 Å². The lowest BCUT2D eigenvalue weighted by Gasteiger charge is -2.13. The van der Waals surface area contributed by atoms with Gasteiger partial charge in [-0.2, -0.15) is 22.0 Å². The second-order valence-corrected chi connectivity index (χ2v) is 3.90. The van der Waals surface area contributed by atoms with Crippen molar-refractivity contribution in [3.8, 4) is 5.75 Å². The van der Waals surface area contributed by atoms with Crippen LogP contribution in [0.25, 0.3) is 0 Å². The zero-order chi connectivity index (χ0) is 12.5. The number of rotatable bonds is 2. The Balaban J connectivity index is 3.22. The van der Waals surface area contributed by atoms with Gasteiger partial charge in [-0.1, -0.05) is 11.6 Å². The van der Waals surface area contributed by atoms with Crippen LogP contribution in [0.1, 0.15) is 5.56 Å². The van der Waals surface area contributed by atoms with E-state index in [1.54, 1.807) is 0 Å². The van der Waals surface area contributed by atoms with Crippen LogP contribution in [0.2, 0.25) is 5.02 Å². The molecule has 0 N–H and O–H groups in total. The molecule has 0 radical (unpaired) electrons. The highest BCUT2D eigenvalue weighted by molar-refractivity contribution is 9.10. The van der Waals surface area contributed by atoms with Crippen LogP contribution in [-0.4, -0.2) is 6.61 Å². The molecule has 0 saturated carbocycles. The van der Waals surface area contributed by atoms with Gasteiger partial charge in [-0.3, -0.25) is 0 Å². The van der Waals surface area contributed by atoms with Crippen LogP contribution in [0.15, 0.2) is 16.6 Å². The van der Waals surface area contributed by atoms with Gasteiger partial charge in [0.15, 0.2) is 0 Å². The molecule has 1 aromatic carbocycles. The lowest BCUT2D eigenvalue weighted by Crippen LogP contribution is -2.08. The van der Waals surface area contributed by atoms with Crippen molar-refractivity contribution in [3.05, 3.63) is 27.2 Å². The highest BCUT2D eigenvalue weighted by Crippen LogP contribution is 2.40. The van der Waals surface area contributed by atoms with E-state index >= 15 is 0 Å². The minimum Gasteiger partial charge on any atom is -0.434 e. The summed E-state index contributed by atoms with van der Waals surface area (Å²) in [6, 6.07) is 1.26. The van der Waals surface area contributed by atoms with Gasteiger partial charge in [0.2, 0.25) is 0 Å². The van der Waals surface area contributed by atoms with Crippen molar-refractivity contribution in [1.29, 1.82) is 0 Å². The van der Waals surface area contributed by atoms with E-state index in [1.807, 2.05) is 0 Å². The smallest absolute Gasteiger partial charge is 0.417 e. The summed E-state index contributed by atoms with van der Waals surface area (Å²) in [7, 11) is 0. The number of benzene rings is 1. The minimum absolute atomic E-state index is 0.0780. The van der Waals surface area contributed by atoms with E-state index < -0.39 is 29.1 Å². The average Bonchev–Trinajstić information content (AvgIpc) is 2.06. The van der Waals surface area contributed by atoms with Crippen molar-refractivity contribution in [3.63, 3.8) is 0 Å². The molecule has 16 heavy (non-hydrogen) atoms. The lowest BCUT2D eigenvalue weighted by atomic mass is 10.2. The molecule has 0 aliphatic rings. The van der Waals surface area contributed by atoms with Gasteiger partial charge < -0.3 is 4.74 Å².